The first-order valence-electron chi connectivity index (χ1n) is 5.33. The first-order valence-corrected chi connectivity index (χ1v) is 8.55. The Balaban J connectivity index is 3.22. The molecule has 0 unspecified atom stereocenters. The van der Waals surface area contributed by atoms with E-state index in [4.69, 9.17) is 19.6 Å². The fourth-order valence-electron chi connectivity index (χ4n) is 2.03. The largest absolute Gasteiger partial charge is 0.373 e. The lowest BCUT2D eigenvalue weighted by Crippen LogP contribution is -2.26. The molecule has 1 aliphatic rings. The van der Waals surface area contributed by atoms with Crippen LogP contribution in [0.4, 0.5) is 0 Å². The van der Waals surface area contributed by atoms with Crippen molar-refractivity contribution in [2.24, 2.45) is 5.41 Å². The summed E-state index contributed by atoms with van der Waals surface area (Å²) >= 11 is 0. The summed E-state index contributed by atoms with van der Waals surface area (Å²) in [6.45, 7) is 3.86. The van der Waals surface area contributed by atoms with Crippen molar-refractivity contribution in [1.29, 1.82) is 0 Å². The Hall–Kier alpha value is -0.0000000000000000416. The van der Waals surface area contributed by atoms with Crippen LogP contribution in [0.3, 0.4) is 0 Å². The van der Waals surface area contributed by atoms with Crippen LogP contribution in [0.25, 0.3) is 0 Å². The molecule has 1 rings (SSSR count). The molecule has 0 aromatic rings. The molecule has 106 valence electrons. The van der Waals surface area contributed by atoms with Gasteiger partial charge in [-0.05, 0) is 30.8 Å². The summed E-state index contributed by atoms with van der Waals surface area (Å²) in [7, 11) is -10.8. The Labute approximate surface area is 105 Å². The van der Waals surface area contributed by atoms with E-state index in [1.165, 1.54) is 0 Å². The second-order valence-corrected chi connectivity index (χ2v) is 9.31. The average molecular weight is 300 g/mol. The van der Waals surface area contributed by atoms with E-state index in [1.807, 2.05) is 13.8 Å². The zero-order valence-corrected chi connectivity index (χ0v) is 11.9. The van der Waals surface area contributed by atoms with Gasteiger partial charge >= 0.3 is 15.2 Å². The highest BCUT2D eigenvalue weighted by atomic mass is 31.2. The number of allylic oxidation sites excluding steroid dienone is 1. The summed E-state index contributed by atoms with van der Waals surface area (Å²) in [4.78, 5) is 35.9. The lowest BCUT2D eigenvalue weighted by atomic mass is 9.92. The fourth-order valence-corrected chi connectivity index (χ4v) is 4.08. The van der Waals surface area contributed by atoms with Gasteiger partial charge in [-0.1, -0.05) is 19.4 Å². The molecule has 0 aromatic carbocycles. The normalized spacial score (nSPS) is 23.6. The van der Waals surface area contributed by atoms with E-state index in [-0.39, 0.29) is 5.41 Å². The maximum Gasteiger partial charge on any atom is 0.373 e. The Morgan fingerprint density at radius 2 is 1.61 bits per heavy atom. The van der Waals surface area contributed by atoms with Crippen molar-refractivity contribution in [2.75, 3.05) is 0 Å². The molecule has 0 aromatic heterocycles. The summed E-state index contributed by atoms with van der Waals surface area (Å²) < 4.78 is 22.3. The molecule has 0 aliphatic heterocycles. The molecule has 0 heterocycles. The molecule has 1 fully saturated rings. The summed E-state index contributed by atoms with van der Waals surface area (Å²) in [5, 5.41) is 6.29. The van der Waals surface area contributed by atoms with E-state index in [0.29, 0.717) is 24.5 Å². The summed E-state index contributed by atoms with van der Waals surface area (Å²) in [5.74, 6) is 0. The molecule has 0 spiro atoms. The van der Waals surface area contributed by atoms with Gasteiger partial charge in [0.25, 0.3) is 5.08 Å². The second kappa shape index (κ2) is 4.53. The van der Waals surface area contributed by atoms with E-state index in [2.05, 4.69) is 0 Å². The monoisotopic (exact) mass is 300 g/mol. The van der Waals surface area contributed by atoms with Crippen LogP contribution in [0.5, 0.6) is 0 Å². The third kappa shape index (κ3) is 3.11. The van der Waals surface area contributed by atoms with Gasteiger partial charge in [-0.2, -0.15) is 0 Å². The minimum Gasteiger partial charge on any atom is -0.364 e. The smallest absolute Gasteiger partial charge is 0.364 e. The average Bonchev–Trinajstić information content (AvgIpc) is 2.41. The molecule has 0 bridgehead atoms. The second-order valence-electron chi connectivity index (χ2n) is 5.42. The summed E-state index contributed by atoms with van der Waals surface area (Å²) in [6, 6.07) is 0. The van der Waals surface area contributed by atoms with Crippen molar-refractivity contribution in [1.82, 2.24) is 0 Å². The predicted molar refractivity (Wildman–Crippen MR) is 64.8 cm³/mol. The van der Waals surface area contributed by atoms with Crippen LogP contribution in [0, 0.1) is 5.41 Å². The van der Waals surface area contributed by atoms with Crippen LogP contribution < -0.4 is 0 Å². The van der Waals surface area contributed by atoms with E-state index in [9.17, 15) is 14.2 Å². The van der Waals surface area contributed by atoms with Gasteiger partial charge < -0.3 is 24.7 Å². The molecular weight excluding hydrogens is 282 g/mol. The molecular formula is C9H18O7P2. The maximum absolute atomic E-state index is 11.2. The zero-order chi connectivity index (χ0) is 14.4. The van der Waals surface area contributed by atoms with E-state index >= 15 is 0 Å². The van der Waals surface area contributed by atoms with Crippen molar-refractivity contribution in [3.05, 3.63) is 11.6 Å². The number of hydrogen-bond acceptors (Lipinski definition) is 3. The first kappa shape index (κ1) is 16.1. The van der Waals surface area contributed by atoms with Crippen molar-refractivity contribution in [3.63, 3.8) is 0 Å². The van der Waals surface area contributed by atoms with Gasteiger partial charge in [-0.15, -0.1) is 0 Å². The van der Waals surface area contributed by atoms with Crippen molar-refractivity contribution >= 4 is 15.2 Å². The quantitative estimate of drug-likeness (QED) is 0.389. The highest BCUT2D eigenvalue weighted by Gasteiger charge is 2.58. The third-order valence-corrected chi connectivity index (χ3v) is 6.62. The molecule has 0 radical (unpaired) electrons. The van der Waals surface area contributed by atoms with Crippen molar-refractivity contribution in [3.8, 4) is 0 Å². The van der Waals surface area contributed by atoms with Crippen LogP contribution >= 0.6 is 15.2 Å². The number of rotatable bonds is 3. The number of aliphatic hydroxyl groups is 1. The third-order valence-electron chi connectivity index (χ3n) is 3.08. The molecule has 0 saturated heterocycles. The maximum atomic E-state index is 11.2. The topological polar surface area (TPSA) is 135 Å². The fraction of sp³-hybridized carbons (Fsp3) is 0.778. The molecule has 9 heteroatoms. The molecule has 7 nitrogen and oxygen atoms in total. The lowest BCUT2D eigenvalue weighted by molar-refractivity contribution is 0.167. The van der Waals surface area contributed by atoms with Crippen LogP contribution in [0.15, 0.2) is 11.6 Å². The summed E-state index contributed by atoms with van der Waals surface area (Å²) in [5.41, 5.74) is 0.352. The van der Waals surface area contributed by atoms with Gasteiger partial charge in [0, 0.05) is 0 Å². The van der Waals surface area contributed by atoms with Crippen LogP contribution in [-0.2, 0) is 9.13 Å². The SMILES string of the molecule is CC1(C)CCC(=CC(O)(P(=O)(O)O)P(=O)(O)O)C1. The molecule has 5 N–H and O–H groups in total. The van der Waals surface area contributed by atoms with Gasteiger partial charge in [-0.3, -0.25) is 9.13 Å². The van der Waals surface area contributed by atoms with Crippen LogP contribution in [-0.4, -0.2) is 29.8 Å². The van der Waals surface area contributed by atoms with Gasteiger partial charge in [0.15, 0.2) is 0 Å². The van der Waals surface area contributed by atoms with Gasteiger partial charge in [0.1, 0.15) is 0 Å². The van der Waals surface area contributed by atoms with Gasteiger partial charge in [-0.25, -0.2) is 0 Å². The minimum atomic E-state index is -5.39. The van der Waals surface area contributed by atoms with Crippen LogP contribution in [0.1, 0.15) is 33.1 Å². The number of hydrogen-bond donors (Lipinski definition) is 5. The molecule has 0 amide bonds. The van der Waals surface area contributed by atoms with Gasteiger partial charge in [0.2, 0.25) is 0 Å². The Morgan fingerprint density at radius 3 is 1.89 bits per heavy atom. The first-order chi connectivity index (χ1) is 7.79. The molecule has 18 heavy (non-hydrogen) atoms. The Bertz CT molecular complexity index is 434. The van der Waals surface area contributed by atoms with Gasteiger partial charge in [0.05, 0.1) is 0 Å². The predicted octanol–water partition coefficient (Wildman–Crippen LogP) is 1.12. The Kier molecular flexibility index (Phi) is 4.04. The van der Waals surface area contributed by atoms with Crippen molar-refractivity contribution in [2.45, 2.75) is 38.2 Å². The minimum absolute atomic E-state index is 0.101. The highest BCUT2D eigenvalue weighted by Crippen LogP contribution is 2.68. The summed E-state index contributed by atoms with van der Waals surface area (Å²) in [6.07, 6.45) is 2.28. The molecule has 0 atom stereocenters. The molecule has 1 aliphatic carbocycles. The van der Waals surface area contributed by atoms with Crippen LogP contribution in [0.2, 0.25) is 0 Å². The lowest BCUT2D eigenvalue weighted by Gasteiger charge is -2.27. The Morgan fingerprint density at radius 1 is 1.17 bits per heavy atom. The molecule has 1 saturated carbocycles. The standard InChI is InChI=1S/C9H18O7P2/c1-8(2)4-3-7(5-8)6-9(10,17(11,12)13)18(14,15)16/h6,10H,3-5H2,1-2H3,(H2,11,12,13)(H2,14,15,16). The van der Waals surface area contributed by atoms with Crippen molar-refractivity contribution < 1.29 is 33.8 Å². The van der Waals surface area contributed by atoms with E-state index in [1.54, 1.807) is 0 Å². The van der Waals surface area contributed by atoms with E-state index < -0.39 is 20.3 Å². The highest BCUT2D eigenvalue weighted by molar-refractivity contribution is 7.72. The van der Waals surface area contributed by atoms with E-state index in [0.717, 1.165) is 6.42 Å². The zero-order valence-electron chi connectivity index (χ0n) is 10.1.